The van der Waals surface area contributed by atoms with Crippen molar-refractivity contribution in [1.29, 1.82) is 0 Å². The fraction of sp³-hybridized carbons (Fsp3) is 0.542. The second kappa shape index (κ2) is 11.5. The zero-order valence-corrected chi connectivity index (χ0v) is 19.1. The number of aryl methyl sites for hydroxylation is 1. The van der Waals surface area contributed by atoms with E-state index < -0.39 is 11.7 Å². The molecule has 1 aromatic carbocycles. The second-order valence-corrected chi connectivity index (χ2v) is 9.00. The fourth-order valence-corrected chi connectivity index (χ4v) is 3.34. The molecule has 2 N–H and O–H groups in total. The number of carbonyl (C=O) groups is 3. The number of ether oxygens (including phenoxy) is 1. The molecule has 1 fully saturated rings. The van der Waals surface area contributed by atoms with Crippen LogP contribution in [0.2, 0.25) is 0 Å². The summed E-state index contributed by atoms with van der Waals surface area (Å²) in [6, 6.07) is 8.03. The molecule has 170 valence electrons. The molecule has 0 spiro atoms. The largest absolute Gasteiger partial charge is 0.444 e. The Hall–Kier alpha value is -2.83. The maximum atomic E-state index is 12.4. The third-order valence-electron chi connectivity index (χ3n) is 4.99. The summed E-state index contributed by atoms with van der Waals surface area (Å²) < 4.78 is 5.13. The molecule has 1 heterocycles. The van der Waals surface area contributed by atoms with Crippen LogP contribution in [0.3, 0.4) is 0 Å². The molecular formula is C24H35N3O4. The van der Waals surface area contributed by atoms with Gasteiger partial charge in [-0.3, -0.25) is 9.59 Å². The molecule has 0 unspecified atom stereocenters. The van der Waals surface area contributed by atoms with E-state index in [1.54, 1.807) is 26.8 Å². The van der Waals surface area contributed by atoms with Gasteiger partial charge in [-0.25, -0.2) is 4.79 Å². The van der Waals surface area contributed by atoms with Crippen molar-refractivity contribution in [1.82, 2.24) is 15.5 Å². The van der Waals surface area contributed by atoms with E-state index in [1.807, 2.05) is 42.2 Å². The highest BCUT2D eigenvalue weighted by Gasteiger charge is 2.22. The number of amides is 3. The highest BCUT2D eigenvalue weighted by molar-refractivity contribution is 5.91. The molecule has 1 aromatic rings. The number of carbonyl (C=O) groups excluding carboxylic acids is 3. The highest BCUT2D eigenvalue weighted by Crippen LogP contribution is 2.17. The van der Waals surface area contributed by atoms with E-state index in [0.717, 1.165) is 24.0 Å². The molecule has 1 aliphatic heterocycles. The zero-order chi connectivity index (χ0) is 22.9. The van der Waals surface area contributed by atoms with Gasteiger partial charge < -0.3 is 20.3 Å². The van der Waals surface area contributed by atoms with Crippen molar-refractivity contribution >= 4 is 24.0 Å². The van der Waals surface area contributed by atoms with Crippen LogP contribution in [0, 0.1) is 12.8 Å². The number of benzene rings is 1. The number of hydrogen-bond donors (Lipinski definition) is 2. The monoisotopic (exact) mass is 429 g/mol. The van der Waals surface area contributed by atoms with Gasteiger partial charge in [-0.1, -0.05) is 29.8 Å². The molecule has 0 aliphatic carbocycles. The molecule has 0 bridgehead atoms. The number of rotatable bonds is 7. The van der Waals surface area contributed by atoms with Crippen LogP contribution < -0.4 is 10.6 Å². The Labute approximate surface area is 185 Å². The standard InChI is InChI=1S/C24H35N3O4/c1-18-6-5-7-19(16-18)8-9-22(29)27-14-11-20(12-15-27)17-26-21(28)10-13-25-23(30)31-24(2,3)4/h5-9,16,20H,10-15,17H2,1-4H3,(H,25,30)(H,26,28)/b9-8+. The van der Waals surface area contributed by atoms with Gasteiger partial charge in [-0.05, 0) is 58.1 Å². The molecule has 3 amide bonds. The van der Waals surface area contributed by atoms with Crippen LogP contribution in [0.15, 0.2) is 30.3 Å². The third kappa shape index (κ3) is 9.68. The van der Waals surface area contributed by atoms with Crippen molar-refractivity contribution in [2.75, 3.05) is 26.2 Å². The Morgan fingerprint density at radius 3 is 2.52 bits per heavy atom. The van der Waals surface area contributed by atoms with Crippen molar-refractivity contribution in [3.05, 3.63) is 41.5 Å². The van der Waals surface area contributed by atoms with E-state index in [2.05, 4.69) is 10.6 Å². The van der Waals surface area contributed by atoms with E-state index in [0.29, 0.717) is 25.6 Å². The average Bonchev–Trinajstić information content (AvgIpc) is 2.69. The van der Waals surface area contributed by atoms with Crippen LogP contribution in [0.1, 0.15) is 51.2 Å². The van der Waals surface area contributed by atoms with Crippen LogP contribution in [0.25, 0.3) is 6.08 Å². The van der Waals surface area contributed by atoms with Crippen LogP contribution in [0.4, 0.5) is 4.79 Å². The van der Waals surface area contributed by atoms with E-state index in [-0.39, 0.29) is 24.8 Å². The Bertz CT molecular complexity index is 790. The highest BCUT2D eigenvalue weighted by atomic mass is 16.6. The lowest BCUT2D eigenvalue weighted by atomic mass is 9.96. The quantitative estimate of drug-likeness (QED) is 0.651. The predicted molar refractivity (Wildman–Crippen MR) is 121 cm³/mol. The van der Waals surface area contributed by atoms with Gasteiger partial charge in [0.2, 0.25) is 11.8 Å². The molecule has 0 aromatic heterocycles. The third-order valence-corrected chi connectivity index (χ3v) is 4.99. The van der Waals surface area contributed by atoms with Gasteiger partial charge >= 0.3 is 6.09 Å². The minimum absolute atomic E-state index is 0.0252. The first-order valence-electron chi connectivity index (χ1n) is 10.9. The number of hydrogen-bond acceptors (Lipinski definition) is 4. The van der Waals surface area contributed by atoms with Crippen molar-refractivity contribution in [2.45, 2.75) is 52.6 Å². The summed E-state index contributed by atoms with van der Waals surface area (Å²) in [5.41, 5.74) is 1.63. The molecule has 0 radical (unpaired) electrons. The van der Waals surface area contributed by atoms with Gasteiger partial charge in [0.05, 0.1) is 0 Å². The summed E-state index contributed by atoms with van der Waals surface area (Å²) in [7, 11) is 0. The predicted octanol–water partition coefficient (Wildman–Crippen LogP) is 3.28. The van der Waals surface area contributed by atoms with Crippen molar-refractivity contribution in [2.24, 2.45) is 5.92 Å². The molecule has 0 atom stereocenters. The number of alkyl carbamates (subject to hydrolysis) is 1. The minimum Gasteiger partial charge on any atom is -0.444 e. The smallest absolute Gasteiger partial charge is 0.407 e. The maximum absolute atomic E-state index is 12.4. The van der Waals surface area contributed by atoms with Crippen molar-refractivity contribution in [3.63, 3.8) is 0 Å². The van der Waals surface area contributed by atoms with Gasteiger partial charge in [-0.15, -0.1) is 0 Å². The molecule has 1 aliphatic rings. The van der Waals surface area contributed by atoms with Gasteiger partial charge in [0, 0.05) is 38.7 Å². The summed E-state index contributed by atoms with van der Waals surface area (Å²) in [6.45, 7) is 9.61. The summed E-state index contributed by atoms with van der Waals surface area (Å²) in [4.78, 5) is 37.8. The summed E-state index contributed by atoms with van der Waals surface area (Å²) in [5, 5.41) is 5.50. The van der Waals surface area contributed by atoms with Crippen molar-refractivity contribution < 1.29 is 19.1 Å². The maximum Gasteiger partial charge on any atom is 0.407 e. The van der Waals surface area contributed by atoms with Crippen LogP contribution in [0.5, 0.6) is 0 Å². The molecule has 1 saturated heterocycles. The SMILES string of the molecule is Cc1cccc(/C=C/C(=O)N2CCC(CNC(=O)CCNC(=O)OC(C)(C)C)CC2)c1. The van der Waals surface area contributed by atoms with E-state index >= 15 is 0 Å². The first kappa shape index (κ1) is 24.4. The van der Waals surface area contributed by atoms with Crippen LogP contribution in [-0.2, 0) is 14.3 Å². The molecule has 7 heteroatoms. The average molecular weight is 430 g/mol. The molecular weight excluding hydrogens is 394 g/mol. The van der Waals surface area contributed by atoms with Gasteiger partial charge in [-0.2, -0.15) is 0 Å². The lowest BCUT2D eigenvalue weighted by molar-refractivity contribution is -0.127. The first-order valence-corrected chi connectivity index (χ1v) is 10.9. The van der Waals surface area contributed by atoms with Gasteiger partial charge in [0.25, 0.3) is 0 Å². The molecule has 7 nitrogen and oxygen atoms in total. The molecule has 2 rings (SSSR count). The van der Waals surface area contributed by atoms with Crippen LogP contribution in [-0.4, -0.2) is 54.6 Å². The lowest BCUT2D eigenvalue weighted by Crippen LogP contribution is -2.41. The first-order chi connectivity index (χ1) is 14.6. The minimum atomic E-state index is -0.557. The second-order valence-electron chi connectivity index (χ2n) is 9.00. The summed E-state index contributed by atoms with van der Waals surface area (Å²) >= 11 is 0. The number of nitrogens with zero attached hydrogens (tertiary/aromatic N) is 1. The Morgan fingerprint density at radius 1 is 1.16 bits per heavy atom. The lowest BCUT2D eigenvalue weighted by Gasteiger charge is -2.31. The fourth-order valence-electron chi connectivity index (χ4n) is 3.34. The van der Waals surface area contributed by atoms with Crippen molar-refractivity contribution in [3.8, 4) is 0 Å². The topological polar surface area (TPSA) is 87.7 Å². The normalized spacial score (nSPS) is 15.0. The van der Waals surface area contributed by atoms with E-state index in [4.69, 9.17) is 4.74 Å². The van der Waals surface area contributed by atoms with E-state index in [9.17, 15) is 14.4 Å². The summed E-state index contributed by atoms with van der Waals surface area (Å²) in [5.74, 6) is 0.278. The van der Waals surface area contributed by atoms with Gasteiger partial charge in [0.15, 0.2) is 0 Å². The molecule has 31 heavy (non-hydrogen) atoms. The van der Waals surface area contributed by atoms with E-state index in [1.165, 1.54) is 0 Å². The summed E-state index contributed by atoms with van der Waals surface area (Å²) in [6.07, 6.45) is 4.90. The van der Waals surface area contributed by atoms with Gasteiger partial charge in [0.1, 0.15) is 5.60 Å². The number of nitrogens with one attached hydrogen (secondary N) is 2. The van der Waals surface area contributed by atoms with Crippen LogP contribution >= 0.6 is 0 Å². The number of likely N-dealkylation sites (tertiary alicyclic amines) is 1. The zero-order valence-electron chi connectivity index (χ0n) is 19.1. The Morgan fingerprint density at radius 2 is 1.87 bits per heavy atom. The molecule has 0 saturated carbocycles. The Balaban J connectivity index is 1.62. The number of piperidine rings is 1. The Kier molecular flexibility index (Phi) is 9.09.